The molecular weight excluding hydrogens is 444 g/mol. The molecule has 0 radical (unpaired) electrons. The van der Waals surface area contributed by atoms with Gasteiger partial charge in [-0.1, -0.05) is 50.9 Å². The number of benzene rings is 2. The van der Waals surface area contributed by atoms with E-state index in [0.29, 0.717) is 17.4 Å². The lowest BCUT2D eigenvalue weighted by molar-refractivity contribution is -0.122. The number of amides is 1. The highest BCUT2D eigenvalue weighted by atomic mass is 79.9. The molecule has 0 spiro atoms. The molecule has 30 heavy (non-hydrogen) atoms. The van der Waals surface area contributed by atoms with E-state index < -0.39 is 0 Å². The van der Waals surface area contributed by atoms with E-state index in [1.807, 2.05) is 80.7 Å². The van der Waals surface area contributed by atoms with Crippen LogP contribution in [0.2, 0.25) is 0 Å². The van der Waals surface area contributed by atoms with Crippen molar-refractivity contribution >= 4 is 21.8 Å². The number of hydrogen-bond acceptors (Lipinski definition) is 4. The molecule has 0 bridgehead atoms. The second-order valence-corrected chi connectivity index (χ2v) is 8.07. The highest BCUT2D eigenvalue weighted by Crippen LogP contribution is 2.24. The van der Waals surface area contributed by atoms with Crippen molar-refractivity contribution in [2.24, 2.45) is 0 Å². The van der Waals surface area contributed by atoms with E-state index in [-0.39, 0.29) is 18.5 Å². The average Bonchev–Trinajstić information content (AvgIpc) is 3.38. The van der Waals surface area contributed by atoms with Crippen molar-refractivity contribution in [1.29, 1.82) is 0 Å². The molecule has 2 aromatic carbocycles. The summed E-state index contributed by atoms with van der Waals surface area (Å²) < 4.78 is 8.24. The molecule has 1 N–H and O–H groups in total. The van der Waals surface area contributed by atoms with Crippen LogP contribution < -0.4 is 5.32 Å². The number of nitrogens with one attached hydrogen (secondary N) is 1. The van der Waals surface area contributed by atoms with Gasteiger partial charge in [0.15, 0.2) is 0 Å². The molecule has 0 aliphatic carbocycles. The van der Waals surface area contributed by atoms with Gasteiger partial charge in [0, 0.05) is 16.2 Å². The molecule has 2 aromatic heterocycles. The number of aryl methyl sites for hydroxylation is 1. The molecule has 4 rings (SSSR count). The molecule has 0 aliphatic heterocycles. The van der Waals surface area contributed by atoms with Crippen LogP contribution in [-0.2, 0) is 11.3 Å². The fourth-order valence-corrected chi connectivity index (χ4v) is 3.43. The van der Waals surface area contributed by atoms with Gasteiger partial charge in [-0.15, -0.1) is 0 Å². The Bertz CT molecular complexity index is 1150. The third kappa shape index (κ3) is 4.52. The molecular formula is C23H21BrN4O2. The van der Waals surface area contributed by atoms with Gasteiger partial charge in [0.05, 0.1) is 6.04 Å². The van der Waals surface area contributed by atoms with Crippen molar-refractivity contribution in [1.82, 2.24) is 20.0 Å². The lowest BCUT2D eigenvalue weighted by Gasteiger charge is -2.15. The Balaban J connectivity index is 1.46. The fourth-order valence-electron chi connectivity index (χ4n) is 3.17. The topological polar surface area (TPSA) is 73.0 Å². The summed E-state index contributed by atoms with van der Waals surface area (Å²) in [5.74, 6) is 0.785. The van der Waals surface area contributed by atoms with E-state index in [4.69, 9.17) is 4.52 Å². The van der Waals surface area contributed by atoms with Crippen LogP contribution in [0.25, 0.3) is 23.0 Å². The lowest BCUT2D eigenvalue weighted by atomic mass is 10.1. The summed E-state index contributed by atoms with van der Waals surface area (Å²) in [6.45, 7) is 4.18. The highest BCUT2D eigenvalue weighted by Gasteiger charge is 2.16. The predicted octanol–water partition coefficient (Wildman–Crippen LogP) is 5.15. The number of rotatable bonds is 6. The number of carbonyl (C=O) groups excluding carboxylic acids is 1. The number of aromatic nitrogens is 3. The van der Waals surface area contributed by atoms with Gasteiger partial charge in [-0.3, -0.25) is 4.79 Å². The highest BCUT2D eigenvalue weighted by molar-refractivity contribution is 9.10. The second-order valence-electron chi connectivity index (χ2n) is 7.15. The third-order valence-electron chi connectivity index (χ3n) is 4.85. The lowest BCUT2D eigenvalue weighted by Crippen LogP contribution is -2.30. The summed E-state index contributed by atoms with van der Waals surface area (Å²) >= 11 is 3.42. The molecule has 0 fully saturated rings. The number of halogens is 1. The monoisotopic (exact) mass is 464 g/mol. The average molecular weight is 465 g/mol. The number of carbonyl (C=O) groups is 1. The Morgan fingerprint density at radius 3 is 2.60 bits per heavy atom. The quantitative estimate of drug-likeness (QED) is 0.427. The maximum atomic E-state index is 12.6. The van der Waals surface area contributed by atoms with Crippen LogP contribution in [0.5, 0.6) is 0 Å². The Morgan fingerprint density at radius 1 is 1.13 bits per heavy atom. The Kier molecular flexibility index (Phi) is 5.81. The van der Waals surface area contributed by atoms with Gasteiger partial charge in [-0.2, -0.15) is 4.98 Å². The molecule has 2 heterocycles. The molecule has 152 valence electrons. The summed E-state index contributed by atoms with van der Waals surface area (Å²) in [4.78, 5) is 17.1. The zero-order chi connectivity index (χ0) is 21.1. The van der Waals surface area contributed by atoms with Gasteiger partial charge in [-0.05, 0) is 55.8 Å². The SMILES string of the molecule is Cc1ccc([C@H](C)NC(=O)Cn2cccc2-c2nc(-c3ccc(Br)cc3)no2)cc1. The molecule has 0 unspecified atom stereocenters. The van der Waals surface area contributed by atoms with Gasteiger partial charge >= 0.3 is 0 Å². The molecule has 1 amide bonds. The second kappa shape index (κ2) is 8.67. The van der Waals surface area contributed by atoms with Crippen LogP contribution in [-0.4, -0.2) is 20.6 Å². The van der Waals surface area contributed by atoms with E-state index in [2.05, 4.69) is 31.4 Å². The van der Waals surface area contributed by atoms with Crippen molar-refractivity contribution < 1.29 is 9.32 Å². The van der Waals surface area contributed by atoms with E-state index in [0.717, 1.165) is 15.6 Å². The van der Waals surface area contributed by atoms with E-state index in [1.165, 1.54) is 5.56 Å². The molecule has 7 heteroatoms. The molecule has 6 nitrogen and oxygen atoms in total. The molecule has 1 atom stereocenters. The minimum atomic E-state index is -0.0897. The Morgan fingerprint density at radius 2 is 1.87 bits per heavy atom. The first kappa shape index (κ1) is 20.1. The predicted molar refractivity (Wildman–Crippen MR) is 119 cm³/mol. The zero-order valence-electron chi connectivity index (χ0n) is 16.7. The molecule has 0 saturated heterocycles. The smallest absolute Gasteiger partial charge is 0.274 e. The van der Waals surface area contributed by atoms with Gasteiger partial charge in [0.25, 0.3) is 5.89 Å². The van der Waals surface area contributed by atoms with Crippen LogP contribution in [0.15, 0.2) is 75.9 Å². The van der Waals surface area contributed by atoms with E-state index >= 15 is 0 Å². The minimum Gasteiger partial charge on any atom is -0.348 e. The van der Waals surface area contributed by atoms with Crippen molar-refractivity contribution in [2.45, 2.75) is 26.4 Å². The third-order valence-corrected chi connectivity index (χ3v) is 5.37. The van der Waals surface area contributed by atoms with Crippen LogP contribution in [0.3, 0.4) is 0 Å². The van der Waals surface area contributed by atoms with Crippen LogP contribution in [0.1, 0.15) is 24.1 Å². The standard InChI is InChI=1S/C23H21BrN4O2/c1-15-5-7-17(8-6-15)16(2)25-21(29)14-28-13-3-4-20(28)23-26-22(27-30-23)18-9-11-19(24)12-10-18/h3-13,16H,14H2,1-2H3,(H,25,29)/t16-/m0/s1. The van der Waals surface area contributed by atoms with Gasteiger partial charge in [-0.25, -0.2) is 0 Å². The van der Waals surface area contributed by atoms with E-state index in [1.54, 1.807) is 4.57 Å². The summed E-state index contributed by atoms with van der Waals surface area (Å²) in [7, 11) is 0. The first-order valence-corrected chi connectivity index (χ1v) is 10.4. The van der Waals surface area contributed by atoms with Gasteiger partial charge in [0.2, 0.25) is 11.7 Å². The van der Waals surface area contributed by atoms with Gasteiger partial charge < -0.3 is 14.4 Å². The fraction of sp³-hybridized carbons (Fsp3) is 0.174. The Hall–Kier alpha value is -3.19. The van der Waals surface area contributed by atoms with Crippen LogP contribution >= 0.6 is 15.9 Å². The maximum Gasteiger partial charge on any atom is 0.274 e. The van der Waals surface area contributed by atoms with Gasteiger partial charge in [0.1, 0.15) is 12.2 Å². The molecule has 0 aliphatic rings. The zero-order valence-corrected chi connectivity index (χ0v) is 18.3. The van der Waals surface area contributed by atoms with Crippen LogP contribution in [0.4, 0.5) is 0 Å². The summed E-state index contributed by atoms with van der Waals surface area (Å²) in [5, 5.41) is 7.11. The van der Waals surface area contributed by atoms with Crippen molar-refractivity contribution in [3.8, 4) is 23.0 Å². The molecule has 0 saturated carbocycles. The summed E-state index contributed by atoms with van der Waals surface area (Å²) in [6, 6.07) is 19.5. The first-order chi connectivity index (χ1) is 14.5. The minimum absolute atomic E-state index is 0.0791. The number of nitrogens with zero attached hydrogens (tertiary/aromatic N) is 3. The van der Waals surface area contributed by atoms with Crippen molar-refractivity contribution in [3.05, 3.63) is 82.5 Å². The van der Waals surface area contributed by atoms with Crippen molar-refractivity contribution in [2.75, 3.05) is 0 Å². The maximum absolute atomic E-state index is 12.6. The van der Waals surface area contributed by atoms with E-state index in [9.17, 15) is 4.79 Å². The summed E-state index contributed by atoms with van der Waals surface area (Å²) in [6.07, 6.45) is 1.83. The number of hydrogen-bond donors (Lipinski definition) is 1. The largest absolute Gasteiger partial charge is 0.348 e. The van der Waals surface area contributed by atoms with Crippen LogP contribution in [0, 0.1) is 6.92 Å². The Labute approximate surface area is 183 Å². The summed E-state index contributed by atoms with van der Waals surface area (Å²) in [5.41, 5.74) is 3.81. The molecule has 4 aromatic rings. The normalized spacial score (nSPS) is 12.0. The van der Waals surface area contributed by atoms with Crippen molar-refractivity contribution in [3.63, 3.8) is 0 Å². The first-order valence-electron chi connectivity index (χ1n) is 9.60.